The molecule has 1 aliphatic rings. The average Bonchev–Trinajstić information content (AvgIpc) is 2.34. The van der Waals surface area contributed by atoms with Crippen molar-refractivity contribution in [3.05, 3.63) is 0 Å². The summed E-state index contributed by atoms with van der Waals surface area (Å²) in [5.41, 5.74) is 0.00803. The Morgan fingerprint density at radius 1 is 1.29 bits per heavy atom. The second-order valence-electron chi connectivity index (χ2n) is 6.81. The molecule has 0 bridgehead atoms. The first-order valence-electron chi connectivity index (χ1n) is 8.30. The molecule has 1 fully saturated rings. The van der Waals surface area contributed by atoms with Crippen molar-refractivity contribution < 1.29 is 13.2 Å². The standard InChI is InChI=1S/C16H31F3N2/c1-4-9-21(13-16(17,18)19)12-15(11-20-5-2)8-6-7-14(3)10-15/h14,20H,4-13H2,1-3H3. The first-order valence-corrected chi connectivity index (χ1v) is 8.30. The van der Waals surface area contributed by atoms with Gasteiger partial charge in [-0.15, -0.1) is 0 Å². The van der Waals surface area contributed by atoms with Gasteiger partial charge in [0.2, 0.25) is 0 Å². The van der Waals surface area contributed by atoms with Crippen molar-refractivity contribution in [1.29, 1.82) is 0 Å². The molecule has 1 aliphatic carbocycles. The minimum Gasteiger partial charge on any atom is -0.316 e. The number of hydrogen-bond acceptors (Lipinski definition) is 2. The van der Waals surface area contributed by atoms with Crippen LogP contribution in [0.15, 0.2) is 0 Å². The van der Waals surface area contributed by atoms with Gasteiger partial charge in [-0.05, 0) is 43.7 Å². The number of nitrogens with one attached hydrogen (secondary N) is 1. The normalized spacial score (nSPS) is 27.3. The molecule has 0 aliphatic heterocycles. The van der Waals surface area contributed by atoms with E-state index in [1.165, 1.54) is 6.42 Å². The summed E-state index contributed by atoms with van der Waals surface area (Å²) in [6.07, 6.45) is 1.09. The smallest absolute Gasteiger partial charge is 0.316 e. The summed E-state index contributed by atoms with van der Waals surface area (Å²) in [4.78, 5) is 1.62. The highest BCUT2D eigenvalue weighted by Crippen LogP contribution is 2.40. The molecule has 0 aromatic rings. The molecule has 1 saturated carbocycles. The summed E-state index contributed by atoms with van der Waals surface area (Å²) in [5.74, 6) is 0.617. The lowest BCUT2D eigenvalue weighted by atomic mass is 9.69. The molecule has 0 aromatic carbocycles. The third-order valence-corrected chi connectivity index (χ3v) is 4.44. The maximum absolute atomic E-state index is 12.8. The molecule has 0 saturated heterocycles. The molecular weight excluding hydrogens is 277 g/mol. The zero-order valence-electron chi connectivity index (χ0n) is 13.7. The van der Waals surface area contributed by atoms with Gasteiger partial charge in [0.05, 0.1) is 6.54 Å². The van der Waals surface area contributed by atoms with E-state index in [0.29, 0.717) is 19.0 Å². The minimum atomic E-state index is -4.10. The fraction of sp³-hybridized carbons (Fsp3) is 1.00. The Morgan fingerprint density at radius 3 is 2.52 bits per heavy atom. The Labute approximate surface area is 127 Å². The fourth-order valence-corrected chi connectivity index (χ4v) is 3.78. The Morgan fingerprint density at radius 2 is 2.00 bits per heavy atom. The van der Waals surface area contributed by atoms with Gasteiger partial charge in [-0.3, -0.25) is 4.90 Å². The number of alkyl halides is 3. The zero-order valence-corrected chi connectivity index (χ0v) is 13.7. The molecule has 21 heavy (non-hydrogen) atoms. The summed E-state index contributed by atoms with van der Waals surface area (Å²) in [6, 6.07) is 0. The van der Waals surface area contributed by atoms with Gasteiger partial charge in [-0.2, -0.15) is 13.2 Å². The summed E-state index contributed by atoms with van der Waals surface area (Å²) < 4.78 is 38.3. The molecule has 1 N–H and O–H groups in total. The van der Waals surface area contributed by atoms with Crippen molar-refractivity contribution in [3.63, 3.8) is 0 Å². The number of nitrogens with zero attached hydrogens (tertiary/aromatic N) is 1. The van der Waals surface area contributed by atoms with E-state index in [0.717, 1.165) is 38.8 Å². The van der Waals surface area contributed by atoms with E-state index in [1.807, 2.05) is 6.92 Å². The lowest BCUT2D eigenvalue weighted by Gasteiger charge is -2.43. The van der Waals surface area contributed by atoms with Crippen molar-refractivity contribution in [1.82, 2.24) is 10.2 Å². The summed E-state index contributed by atoms with van der Waals surface area (Å²) in [7, 11) is 0. The van der Waals surface area contributed by atoms with Crippen molar-refractivity contribution >= 4 is 0 Å². The zero-order chi connectivity index (χ0) is 15.9. The highest BCUT2D eigenvalue weighted by molar-refractivity contribution is 4.90. The van der Waals surface area contributed by atoms with Crippen LogP contribution in [0.5, 0.6) is 0 Å². The monoisotopic (exact) mass is 308 g/mol. The topological polar surface area (TPSA) is 15.3 Å². The molecule has 2 unspecified atom stereocenters. The van der Waals surface area contributed by atoms with Crippen LogP contribution in [0.1, 0.15) is 52.9 Å². The van der Waals surface area contributed by atoms with Gasteiger partial charge in [-0.25, -0.2) is 0 Å². The van der Waals surface area contributed by atoms with Crippen LogP contribution in [0.3, 0.4) is 0 Å². The fourth-order valence-electron chi connectivity index (χ4n) is 3.78. The van der Waals surface area contributed by atoms with E-state index in [1.54, 1.807) is 4.90 Å². The molecular formula is C16H31F3N2. The van der Waals surface area contributed by atoms with Crippen LogP contribution >= 0.6 is 0 Å². The molecule has 0 spiro atoms. The van der Waals surface area contributed by atoms with E-state index in [4.69, 9.17) is 0 Å². The van der Waals surface area contributed by atoms with Crippen molar-refractivity contribution in [3.8, 4) is 0 Å². The van der Waals surface area contributed by atoms with Gasteiger partial charge in [0.1, 0.15) is 0 Å². The molecule has 0 aromatic heterocycles. The second-order valence-corrected chi connectivity index (χ2v) is 6.81. The van der Waals surface area contributed by atoms with E-state index in [2.05, 4.69) is 19.2 Å². The Balaban J connectivity index is 2.75. The van der Waals surface area contributed by atoms with Crippen LogP contribution in [0.25, 0.3) is 0 Å². The molecule has 5 heteroatoms. The predicted molar refractivity (Wildman–Crippen MR) is 81.4 cm³/mol. The second kappa shape index (κ2) is 8.37. The van der Waals surface area contributed by atoms with Gasteiger partial charge in [0, 0.05) is 13.1 Å². The molecule has 2 nitrogen and oxygen atoms in total. The average molecular weight is 308 g/mol. The maximum atomic E-state index is 12.8. The first kappa shape index (κ1) is 18.8. The molecule has 126 valence electrons. The van der Waals surface area contributed by atoms with Crippen LogP contribution in [-0.4, -0.2) is 43.8 Å². The van der Waals surface area contributed by atoms with Crippen LogP contribution < -0.4 is 5.32 Å². The van der Waals surface area contributed by atoms with Crippen LogP contribution in [0.2, 0.25) is 0 Å². The van der Waals surface area contributed by atoms with E-state index < -0.39 is 12.7 Å². The van der Waals surface area contributed by atoms with Crippen LogP contribution in [0.4, 0.5) is 13.2 Å². The van der Waals surface area contributed by atoms with Crippen LogP contribution in [0, 0.1) is 11.3 Å². The van der Waals surface area contributed by atoms with Crippen LogP contribution in [-0.2, 0) is 0 Å². The van der Waals surface area contributed by atoms with Gasteiger partial charge in [0.25, 0.3) is 0 Å². The molecule has 1 rings (SSSR count). The largest absolute Gasteiger partial charge is 0.401 e. The van der Waals surface area contributed by atoms with Gasteiger partial charge >= 0.3 is 6.18 Å². The minimum absolute atomic E-state index is 0.00803. The summed E-state index contributed by atoms with van der Waals surface area (Å²) in [6.45, 7) is 8.27. The maximum Gasteiger partial charge on any atom is 0.401 e. The number of halogens is 3. The third kappa shape index (κ3) is 7.00. The van der Waals surface area contributed by atoms with E-state index in [9.17, 15) is 13.2 Å². The third-order valence-electron chi connectivity index (χ3n) is 4.44. The van der Waals surface area contributed by atoms with Gasteiger partial charge < -0.3 is 5.32 Å². The van der Waals surface area contributed by atoms with Gasteiger partial charge in [0.15, 0.2) is 0 Å². The molecule has 0 heterocycles. The molecule has 0 amide bonds. The quantitative estimate of drug-likeness (QED) is 0.727. The lowest BCUT2D eigenvalue weighted by molar-refractivity contribution is -0.150. The predicted octanol–water partition coefficient (Wildman–Crippen LogP) is 4.07. The number of rotatable bonds is 8. The van der Waals surface area contributed by atoms with E-state index >= 15 is 0 Å². The highest BCUT2D eigenvalue weighted by atomic mass is 19.4. The number of hydrogen-bond donors (Lipinski definition) is 1. The van der Waals surface area contributed by atoms with Gasteiger partial charge in [-0.1, -0.05) is 33.6 Å². The lowest BCUT2D eigenvalue weighted by Crippen LogP contribution is -2.49. The highest BCUT2D eigenvalue weighted by Gasteiger charge is 2.39. The Bertz CT molecular complexity index is 294. The van der Waals surface area contributed by atoms with E-state index in [-0.39, 0.29) is 5.41 Å². The van der Waals surface area contributed by atoms with Crippen molar-refractivity contribution in [2.45, 2.75) is 59.1 Å². The summed E-state index contributed by atoms with van der Waals surface area (Å²) in [5, 5.41) is 3.38. The van der Waals surface area contributed by atoms with Crippen molar-refractivity contribution in [2.24, 2.45) is 11.3 Å². The Hall–Kier alpha value is -0.290. The van der Waals surface area contributed by atoms with Crippen molar-refractivity contribution in [2.75, 3.05) is 32.7 Å². The Kier molecular flexibility index (Phi) is 7.48. The molecule has 2 atom stereocenters. The SMILES string of the molecule is CCCN(CC(F)(F)F)CC1(CNCC)CCCC(C)C1. The first-order chi connectivity index (χ1) is 9.80. The summed E-state index contributed by atoms with van der Waals surface area (Å²) >= 11 is 0. The molecule has 0 radical (unpaired) electrons.